The first-order valence-corrected chi connectivity index (χ1v) is 9.63. The lowest BCUT2D eigenvalue weighted by molar-refractivity contribution is -0.384. The molecule has 164 valence electrons. The Balaban J connectivity index is 0.00000341. The monoisotopic (exact) mass is 535 g/mol. The summed E-state index contributed by atoms with van der Waals surface area (Å²) in [4.78, 5) is 14.9. The number of aliphatic imine (C=N–C) groups is 1. The fraction of sp³-hybridized carbons (Fsp3) is 0.238. The molecule has 0 aliphatic heterocycles. The first kappa shape index (κ1) is 24.1. The maximum absolute atomic E-state index is 11.1. The highest BCUT2D eigenvalue weighted by Crippen LogP contribution is 2.22. The van der Waals surface area contributed by atoms with E-state index >= 15 is 0 Å². The number of guanidine groups is 1. The Bertz CT molecular complexity index is 993. The molecule has 9 nitrogen and oxygen atoms in total. The van der Waals surface area contributed by atoms with Gasteiger partial charge in [0.25, 0.3) is 5.69 Å². The molecule has 0 fully saturated rings. The lowest BCUT2D eigenvalue weighted by Crippen LogP contribution is -2.39. The fourth-order valence-corrected chi connectivity index (χ4v) is 3.01. The van der Waals surface area contributed by atoms with Crippen molar-refractivity contribution in [1.29, 1.82) is 0 Å². The molecule has 0 saturated heterocycles. The van der Waals surface area contributed by atoms with E-state index in [1.54, 1.807) is 31.4 Å². The summed E-state index contributed by atoms with van der Waals surface area (Å²) >= 11 is 0. The molecule has 3 aromatic rings. The lowest BCUT2D eigenvalue weighted by Gasteiger charge is -2.15. The van der Waals surface area contributed by atoms with Crippen LogP contribution in [0.3, 0.4) is 0 Å². The van der Waals surface area contributed by atoms with E-state index < -0.39 is 4.92 Å². The summed E-state index contributed by atoms with van der Waals surface area (Å²) in [6.07, 6.45) is 3.71. The molecule has 31 heavy (non-hydrogen) atoms. The molecule has 0 aliphatic carbocycles. The van der Waals surface area contributed by atoms with Gasteiger partial charge in [0, 0.05) is 45.1 Å². The van der Waals surface area contributed by atoms with Gasteiger partial charge in [0.15, 0.2) is 5.96 Å². The molecule has 0 amide bonds. The minimum absolute atomic E-state index is 0. The van der Waals surface area contributed by atoms with Crippen molar-refractivity contribution < 1.29 is 4.92 Å². The Morgan fingerprint density at radius 2 is 1.81 bits per heavy atom. The van der Waals surface area contributed by atoms with Gasteiger partial charge in [0.05, 0.1) is 11.5 Å². The molecule has 0 unspecified atom stereocenters. The van der Waals surface area contributed by atoms with Crippen molar-refractivity contribution >= 4 is 41.3 Å². The Hall–Kier alpha value is -3.15. The molecule has 3 rings (SSSR count). The standard InChI is InChI=1S/C21H25N7O2.HI/c1-22-21(24-13-12-23-19-9-4-5-10-20(19)28(29)30)25-15-17-7-2-3-8-18(17)16-27-14-6-11-26-27;/h2-11,14,23H,12-13,15-16H2,1H3,(H2,22,24,25);1H. The van der Waals surface area contributed by atoms with E-state index in [0.717, 1.165) is 5.56 Å². The van der Waals surface area contributed by atoms with Crippen LogP contribution in [0.1, 0.15) is 11.1 Å². The van der Waals surface area contributed by atoms with Crippen molar-refractivity contribution in [2.75, 3.05) is 25.5 Å². The second-order valence-electron chi connectivity index (χ2n) is 6.53. The quantitative estimate of drug-likeness (QED) is 0.0970. The van der Waals surface area contributed by atoms with Crippen molar-refractivity contribution in [3.8, 4) is 0 Å². The van der Waals surface area contributed by atoms with Crippen LogP contribution in [0.15, 0.2) is 72.0 Å². The highest BCUT2D eigenvalue weighted by Gasteiger charge is 2.11. The van der Waals surface area contributed by atoms with Crippen LogP contribution >= 0.6 is 24.0 Å². The van der Waals surface area contributed by atoms with Crippen LogP contribution in [0, 0.1) is 10.1 Å². The minimum atomic E-state index is -0.392. The maximum Gasteiger partial charge on any atom is 0.292 e. The zero-order valence-electron chi connectivity index (χ0n) is 17.2. The Morgan fingerprint density at radius 3 is 2.52 bits per heavy atom. The van der Waals surface area contributed by atoms with Gasteiger partial charge in [-0.25, -0.2) is 0 Å². The first-order valence-electron chi connectivity index (χ1n) is 9.63. The normalized spacial score (nSPS) is 10.8. The number of anilines is 1. The third-order valence-corrected chi connectivity index (χ3v) is 4.51. The van der Waals surface area contributed by atoms with Gasteiger partial charge in [0.1, 0.15) is 5.69 Å². The number of para-hydroxylation sites is 2. The number of aromatic nitrogens is 2. The van der Waals surface area contributed by atoms with Crippen LogP contribution in [0.5, 0.6) is 0 Å². The predicted octanol–water partition coefficient (Wildman–Crippen LogP) is 3.23. The molecule has 0 spiro atoms. The van der Waals surface area contributed by atoms with Gasteiger partial charge in [-0.1, -0.05) is 36.4 Å². The van der Waals surface area contributed by atoms with Crippen LogP contribution in [-0.4, -0.2) is 40.8 Å². The summed E-state index contributed by atoms with van der Waals surface area (Å²) in [5.74, 6) is 0.660. The summed E-state index contributed by atoms with van der Waals surface area (Å²) < 4.78 is 1.89. The minimum Gasteiger partial charge on any atom is -0.378 e. The van der Waals surface area contributed by atoms with Gasteiger partial charge < -0.3 is 16.0 Å². The molecule has 3 N–H and O–H groups in total. The van der Waals surface area contributed by atoms with E-state index in [-0.39, 0.29) is 29.7 Å². The number of nitro groups is 1. The second-order valence-corrected chi connectivity index (χ2v) is 6.53. The Labute approximate surface area is 198 Å². The average molecular weight is 535 g/mol. The van der Waals surface area contributed by atoms with Gasteiger partial charge in [-0.2, -0.15) is 5.10 Å². The van der Waals surface area contributed by atoms with Crippen LogP contribution < -0.4 is 16.0 Å². The smallest absolute Gasteiger partial charge is 0.292 e. The fourth-order valence-electron chi connectivity index (χ4n) is 3.01. The van der Waals surface area contributed by atoms with Crippen LogP contribution in [0.4, 0.5) is 11.4 Å². The molecule has 0 bridgehead atoms. The average Bonchev–Trinajstić information content (AvgIpc) is 3.27. The SMILES string of the molecule is CN=C(NCCNc1ccccc1[N+](=O)[O-])NCc1ccccc1Cn1cccn1.I. The maximum atomic E-state index is 11.1. The highest BCUT2D eigenvalue weighted by atomic mass is 127. The summed E-state index contributed by atoms with van der Waals surface area (Å²) in [6, 6.07) is 16.7. The number of nitrogens with one attached hydrogen (secondary N) is 3. The second kappa shape index (κ2) is 12.5. The largest absolute Gasteiger partial charge is 0.378 e. The number of hydrogen-bond donors (Lipinski definition) is 3. The van der Waals surface area contributed by atoms with Gasteiger partial charge in [-0.05, 0) is 23.3 Å². The van der Waals surface area contributed by atoms with Crippen molar-refractivity contribution in [2.24, 2.45) is 4.99 Å². The summed E-state index contributed by atoms with van der Waals surface area (Å²) in [5.41, 5.74) is 2.91. The molecule has 2 aromatic carbocycles. The van der Waals surface area contributed by atoms with Gasteiger partial charge in [-0.15, -0.1) is 24.0 Å². The molecule has 0 aliphatic rings. The van der Waals surface area contributed by atoms with Gasteiger partial charge >= 0.3 is 0 Å². The molecule has 1 heterocycles. The summed E-state index contributed by atoms with van der Waals surface area (Å²) in [5, 5.41) is 24.9. The number of nitrogens with zero attached hydrogens (tertiary/aromatic N) is 4. The van der Waals surface area contributed by atoms with Crippen molar-refractivity contribution in [2.45, 2.75) is 13.1 Å². The Kier molecular flexibility index (Phi) is 9.75. The number of nitro benzene ring substituents is 1. The Morgan fingerprint density at radius 1 is 1.06 bits per heavy atom. The van der Waals surface area contributed by atoms with Gasteiger partial charge in [0.2, 0.25) is 0 Å². The molecular formula is C21H26IN7O2. The van der Waals surface area contributed by atoms with Crippen molar-refractivity contribution in [1.82, 2.24) is 20.4 Å². The molecule has 10 heteroatoms. The number of halogens is 1. The third kappa shape index (κ3) is 7.24. The molecular weight excluding hydrogens is 509 g/mol. The van der Waals surface area contributed by atoms with Crippen LogP contribution in [0.2, 0.25) is 0 Å². The zero-order chi connectivity index (χ0) is 21.2. The van der Waals surface area contributed by atoms with E-state index in [1.165, 1.54) is 11.6 Å². The third-order valence-electron chi connectivity index (χ3n) is 4.51. The van der Waals surface area contributed by atoms with Crippen molar-refractivity contribution in [3.05, 3.63) is 88.2 Å². The molecule has 0 saturated carbocycles. The lowest BCUT2D eigenvalue weighted by atomic mass is 10.1. The van der Waals surface area contributed by atoms with Crippen molar-refractivity contribution in [3.63, 3.8) is 0 Å². The summed E-state index contributed by atoms with van der Waals surface area (Å²) in [7, 11) is 1.71. The van der Waals surface area contributed by atoms with Gasteiger partial charge in [-0.3, -0.25) is 19.8 Å². The summed E-state index contributed by atoms with van der Waals surface area (Å²) in [6.45, 7) is 2.40. The number of rotatable bonds is 9. The molecule has 0 atom stereocenters. The predicted molar refractivity (Wildman–Crippen MR) is 133 cm³/mol. The zero-order valence-corrected chi connectivity index (χ0v) is 19.5. The highest BCUT2D eigenvalue weighted by molar-refractivity contribution is 14.0. The van der Waals surface area contributed by atoms with E-state index in [9.17, 15) is 10.1 Å². The molecule has 1 aromatic heterocycles. The number of hydrogen-bond acceptors (Lipinski definition) is 5. The molecule has 0 radical (unpaired) electrons. The van der Waals surface area contributed by atoms with Crippen LogP contribution in [0.25, 0.3) is 0 Å². The van der Waals surface area contributed by atoms with Crippen LogP contribution in [-0.2, 0) is 13.1 Å². The van der Waals surface area contributed by atoms with E-state index in [1.807, 2.05) is 29.1 Å². The first-order chi connectivity index (χ1) is 14.7. The van der Waals surface area contributed by atoms with E-state index in [4.69, 9.17) is 0 Å². The van der Waals surface area contributed by atoms with E-state index in [0.29, 0.717) is 37.8 Å². The van der Waals surface area contributed by atoms with E-state index in [2.05, 4.69) is 38.2 Å². The topological polar surface area (TPSA) is 109 Å². The number of benzene rings is 2.